The number of nitrogens with zero attached hydrogens (tertiary/aromatic N) is 1. The van der Waals surface area contributed by atoms with E-state index in [1.165, 1.54) is 6.07 Å². The van der Waals surface area contributed by atoms with Crippen LogP contribution in [0.1, 0.15) is 12.5 Å². The molecule has 0 atom stereocenters. The lowest BCUT2D eigenvalue weighted by molar-refractivity contribution is -0.0522. The van der Waals surface area contributed by atoms with Crippen LogP contribution in [0, 0.1) is 11.2 Å². The van der Waals surface area contributed by atoms with Gasteiger partial charge in [-0.2, -0.15) is 8.78 Å². The van der Waals surface area contributed by atoms with E-state index >= 15 is 0 Å². The minimum atomic E-state index is -3.07. The fourth-order valence-electron chi connectivity index (χ4n) is 2.00. The molecule has 0 aromatic heterocycles. The fourth-order valence-corrected chi connectivity index (χ4v) is 2.00. The summed E-state index contributed by atoms with van der Waals surface area (Å²) in [7, 11) is 1.76. The zero-order valence-corrected chi connectivity index (χ0v) is 12.0. The molecule has 0 bridgehead atoms. The van der Waals surface area contributed by atoms with Crippen molar-refractivity contribution in [3.05, 3.63) is 29.6 Å². The molecule has 0 fully saturated rings. The number of benzene rings is 1. The quantitative estimate of drug-likeness (QED) is 0.769. The molecular formula is C14H20F3NO3. The zero-order chi connectivity index (χ0) is 16.0. The van der Waals surface area contributed by atoms with Gasteiger partial charge in [-0.05, 0) is 24.7 Å². The van der Waals surface area contributed by atoms with Crippen molar-refractivity contribution in [1.82, 2.24) is 4.90 Å². The number of alkyl halides is 2. The van der Waals surface area contributed by atoms with Crippen molar-refractivity contribution in [3.8, 4) is 5.75 Å². The number of hydrogen-bond donors (Lipinski definition) is 2. The lowest BCUT2D eigenvalue weighted by Gasteiger charge is -2.30. The fraction of sp³-hybridized carbons (Fsp3) is 0.571. The number of ether oxygens (including phenoxy) is 1. The molecule has 0 saturated heterocycles. The molecule has 0 aliphatic rings. The Hall–Kier alpha value is -1.31. The second-order valence-corrected chi connectivity index (χ2v) is 5.44. The first-order chi connectivity index (χ1) is 9.79. The molecule has 4 nitrogen and oxygen atoms in total. The van der Waals surface area contributed by atoms with Crippen LogP contribution in [0.2, 0.25) is 0 Å². The van der Waals surface area contributed by atoms with E-state index in [-0.39, 0.29) is 13.2 Å². The third kappa shape index (κ3) is 5.53. The average molecular weight is 307 g/mol. The highest BCUT2D eigenvalue weighted by molar-refractivity contribution is 5.29. The lowest BCUT2D eigenvalue weighted by atomic mass is 9.92. The molecule has 7 heteroatoms. The highest BCUT2D eigenvalue weighted by Crippen LogP contribution is 2.22. The van der Waals surface area contributed by atoms with Crippen LogP contribution in [0.25, 0.3) is 0 Å². The van der Waals surface area contributed by atoms with Gasteiger partial charge in [0.15, 0.2) is 11.6 Å². The van der Waals surface area contributed by atoms with E-state index in [0.29, 0.717) is 18.7 Å². The first-order valence-corrected chi connectivity index (χ1v) is 6.43. The minimum absolute atomic E-state index is 0.177. The highest BCUT2D eigenvalue weighted by atomic mass is 19.3. The average Bonchev–Trinajstić information content (AvgIpc) is 2.41. The normalized spacial score (nSPS) is 12.2. The molecule has 0 heterocycles. The summed E-state index contributed by atoms with van der Waals surface area (Å²) >= 11 is 0. The second-order valence-electron chi connectivity index (χ2n) is 5.44. The molecular weight excluding hydrogens is 287 g/mol. The van der Waals surface area contributed by atoms with E-state index in [1.54, 1.807) is 18.9 Å². The van der Waals surface area contributed by atoms with E-state index in [2.05, 4.69) is 4.74 Å². The summed E-state index contributed by atoms with van der Waals surface area (Å²) in [6, 6.07) is 3.78. The minimum Gasteiger partial charge on any atom is -0.432 e. The maximum Gasteiger partial charge on any atom is 0.387 e. The van der Waals surface area contributed by atoms with Crippen LogP contribution >= 0.6 is 0 Å². The van der Waals surface area contributed by atoms with Gasteiger partial charge in [-0.25, -0.2) is 4.39 Å². The topological polar surface area (TPSA) is 52.9 Å². The van der Waals surface area contributed by atoms with E-state index in [9.17, 15) is 23.4 Å². The van der Waals surface area contributed by atoms with Crippen LogP contribution in [0.4, 0.5) is 13.2 Å². The molecule has 1 rings (SSSR count). The Balaban J connectivity index is 2.69. The van der Waals surface area contributed by atoms with Crippen LogP contribution in [0.5, 0.6) is 5.75 Å². The molecule has 120 valence electrons. The summed E-state index contributed by atoms with van der Waals surface area (Å²) in [6.45, 7) is -0.947. The van der Waals surface area contributed by atoms with Crippen molar-refractivity contribution in [3.63, 3.8) is 0 Å². The standard InChI is InChI=1S/C14H20F3NO3/c1-14(8-19,9-20)7-18(2)6-10-3-4-12(11(15)5-10)21-13(16)17/h3-5,13,19-20H,6-9H2,1-2H3. The van der Waals surface area contributed by atoms with E-state index in [1.807, 2.05) is 0 Å². The van der Waals surface area contributed by atoms with Crippen LogP contribution in [0.15, 0.2) is 18.2 Å². The Morgan fingerprint density at radius 3 is 2.38 bits per heavy atom. The Kier molecular flexibility index (Phi) is 6.44. The van der Waals surface area contributed by atoms with Gasteiger partial charge in [0.1, 0.15) is 0 Å². The van der Waals surface area contributed by atoms with Crippen LogP contribution < -0.4 is 4.74 Å². The zero-order valence-electron chi connectivity index (χ0n) is 12.0. The Morgan fingerprint density at radius 2 is 1.90 bits per heavy atom. The van der Waals surface area contributed by atoms with Gasteiger partial charge in [-0.3, -0.25) is 0 Å². The van der Waals surface area contributed by atoms with Crippen molar-refractivity contribution in [2.75, 3.05) is 26.8 Å². The summed E-state index contributed by atoms with van der Waals surface area (Å²) in [6.07, 6.45) is 0. The Morgan fingerprint density at radius 1 is 1.29 bits per heavy atom. The van der Waals surface area contributed by atoms with Crippen molar-refractivity contribution in [1.29, 1.82) is 0 Å². The lowest BCUT2D eigenvalue weighted by Crippen LogP contribution is -2.38. The second kappa shape index (κ2) is 7.63. The first kappa shape index (κ1) is 17.7. The summed E-state index contributed by atoms with van der Waals surface area (Å²) in [4.78, 5) is 1.80. The largest absolute Gasteiger partial charge is 0.432 e. The predicted molar refractivity (Wildman–Crippen MR) is 71.6 cm³/mol. The number of hydrogen-bond acceptors (Lipinski definition) is 4. The summed E-state index contributed by atoms with van der Waals surface area (Å²) < 4.78 is 41.7. The molecule has 21 heavy (non-hydrogen) atoms. The molecule has 0 aliphatic carbocycles. The molecule has 0 aliphatic heterocycles. The number of rotatable bonds is 8. The third-order valence-electron chi connectivity index (χ3n) is 3.08. The SMILES string of the molecule is CN(Cc1ccc(OC(F)F)c(F)c1)CC(C)(CO)CO. The molecule has 0 saturated carbocycles. The van der Waals surface area contributed by atoms with E-state index < -0.39 is 23.6 Å². The van der Waals surface area contributed by atoms with Gasteiger partial charge < -0.3 is 19.8 Å². The van der Waals surface area contributed by atoms with E-state index in [0.717, 1.165) is 12.1 Å². The summed E-state index contributed by atoms with van der Waals surface area (Å²) in [5.74, 6) is -1.35. The smallest absolute Gasteiger partial charge is 0.387 e. The molecule has 0 unspecified atom stereocenters. The van der Waals surface area contributed by atoms with Crippen molar-refractivity contribution in [2.45, 2.75) is 20.1 Å². The van der Waals surface area contributed by atoms with Gasteiger partial charge in [0.05, 0.1) is 13.2 Å². The van der Waals surface area contributed by atoms with Gasteiger partial charge >= 0.3 is 6.61 Å². The van der Waals surface area contributed by atoms with Crippen molar-refractivity contribution >= 4 is 0 Å². The number of aliphatic hydroxyl groups is 2. The van der Waals surface area contributed by atoms with Crippen molar-refractivity contribution < 1.29 is 28.1 Å². The van der Waals surface area contributed by atoms with Gasteiger partial charge in [-0.15, -0.1) is 0 Å². The van der Waals surface area contributed by atoms with Crippen LogP contribution in [0.3, 0.4) is 0 Å². The molecule has 0 radical (unpaired) electrons. The summed E-state index contributed by atoms with van der Waals surface area (Å²) in [5.41, 5.74) is -0.0821. The van der Waals surface area contributed by atoms with Crippen LogP contribution in [-0.4, -0.2) is 48.5 Å². The third-order valence-corrected chi connectivity index (χ3v) is 3.08. The molecule has 0 amide bonds. The van der Waals surface area contributed by atoms with Crippen molar-refractivity contribution in [2.24, 2.45) is 5.41 Å². The Labute approximate surface area is 121 Å². The van der Waals surface area contributed by atoms with E-state index in [4.69, 9.17) is 0 Å². The maximum absolute atomic E-state index is 13.6. The maximum atomic E-state index is 13.6. The van der Waals surface area contributed by atoms with Crippen LogP contribution in [-0.2, 0) is 6.54 Å². The predicted octanol–water partition coefficient (Wildman–Crippen LogP) is 1.85. The number of halogens is 3. The van der Waals surface area contributed by atoms with Gasteiger partial charge in [0.25, 0.3) is 0 Å². The molecule has 1 aromatic rings. The highest BCUT2D eigenvalue weighted by Gasteiger charge is 2.24. The van der Waals surface area contributed by atoms with Gasteiger partial charge in [0.2, 0.25) is 0 Å². The molecule has 1 aromatic carbocycles. The Bertz CT molecular complexity index is 453. The van der Waals surface area contributed by atoms with Gasteiger partial charge in [-0.1, -0.05) is 13.0 Å². The number of aliphatic hydroxyl groups excluding tert-OH is 2. The molecule has 2 N–H and O–H groups in total. The summed E-state index contributed by atoms with van der Waals surface area (Å²) in [5, 5.41) is 18.5. The molecule has 0 spiro atoms. The first-order valence-electron chi connectivity index (χ1n) is 6.43. The van der Waals surface area contributed by atoms with Gasteiger partial charge in [0, 0.05) is 18.5 Å². The monoisotopic (exact) mass is 307 g/mol.